The van der Waals surface area contributed by atoms with E-state index >= 15 is 0 Å². The van der Waals surface area contributed by atoms with E-state index in [4.69, 9.17) is 18.8 Å². The monoisotopic (exact) mass is 604 g/mol. The van der Waals surface area contributed by atoms with E-state index in [1.807, 2.05) is 68.5 Å². The van der Waals surface area contributed by atoms with Gasteiger partial charge in [-0.05, 0) is 82.2 Å². The molecule has 1 atom stereocenters. The van der Waals surface area contributed by atoms with Crippen molar-refractivity contribution in [3.63, 3.8) is 0 Å². The quantitative estimate of drug-likeness (QED) is 0.312. The predicted molar refractivity (Wildman–Crippen MR) is 187 cm³/mol. The van der Waals surface area contributed by atoms with Gasteiger partial charge < -0.3 is 23.9 Å². The second-order valence-electron chi connectivity index (χ2n) is 14.6. The number of allylic oxidation sites excluding steroid dienone is 5. The fourth-order valence-electron chi connectivity index (χ4n) is 5.52. The average Bonchev–Trinajstić information content (AvgIpc) is 2.97. The number of hydrogen-bond donors (Lipinski definition) is 1. The molecule has 2 aliphatic rings. The van der Waals surface area contributed by atoms with Crippen LogP contribution in [-0.2, 0) is 14.7 Å². The lowest BCUT2D eigenvalue weighted by Crippen LogP contribution is -2.50. The van der Waals surface area contributed by atoms with Gasteiger partial charge in [0.25, 0.3) is 0 Å². The maximum atomic E-state index is 10.9. The Labute approximate surface area is 270 Å². The molecule has 0 bridgehead atoms. The number of ether oxygens (including phenoxy) is 2. The van der Waals surface area contributed by atoms with E-state index < -0.39 is 22.2 Å². The predicted octanol–water partition coefficient (Wildman–Crippen LogP) is 6.51. The fraction of sp³-hybridized carbons (Fsp3) is 0.368. The Morgan fingerprint density at radius 1 is 0.622 bits per heavy atom. The summed E-state index contributed by atoms with van der Waals surface area (Å²) >= 11 is 0. The molecule has 1 unspecified atom stereocenters. The minimum Gasteiger partial charge on any atom is -0.465 e. The molecule has 1 N–H and O–H groups in total. The van der Waals surface area contributed by atoms with Crippen LogP contribution in [0.1, 0.15) is 79.0 Å². The highest BCUT2D eigenvalue weighted by Gasteiger charge is 2.47. The Kier molecular flexibility index (Phi) is 8.78. The lowest BCUT2D eigenvalue weighted by atomic mass is 9.59. The van der Waals surface area contributed by atoms with E-state index in [2.05, 4.69) is 71.0 Å². The van der Waals surface area contributed by atoms with Gasteiger partial charge in [0.1, 0.15) is 17.2 Å². The van der Waals surface area contributed by atoms with Crippen LogP contribution in [-0.4, -0.2) is 36.9 Å². The molecule has 0 aliphatic carbocycles. The lowest BCUT2D eigenvalue weighted by Gasteiger charge is -2.43. The molecule has 5 rings (SSSR count). The molecule has 5 nitrogen and oxygen atoms in total. The number of rotatable bonds is 7. The Morgan fingerprint density at radius 3 is 1.82 bits per heavy atom. The summed E-state index contributed by atoms with van der Waals surface area (Å²) in [5.74, 6) is 2.25. The van der Waals surface area contributed by atoms with Crippen molar-refractivity contribution in [2.45, 2.75) is 84.5 Å². The van der Waals surface area contributed by atoms with Crippen molar-refractivity contribution in [1.82, 2.24) is 0 Å². The maximum Gasteiger partial charge on any atom is 0.309 e. The molecule has 2 aliphatic heterocycles. The molecule has 45 heavy (non-hydrogen) atoms. The molecule has 2 heterocycles. The van der Waals surface area contributed by atoms with Crippen LogP contribution in [0.3, 0.4) is 0 Å². The first-order valence-corrected chi connectivity index (χ1v) is 15.8. The van der Waals surface area contributed by atoms with Crippen LogP contribution in [0.5, 0.6) is 17.2 Å². The Bertz CT molecular complexity index is 1640. The zero-order chi connectivity index (χ0) is 32.7. The standard InChI is InChI=1S/C38H46B2O5/c1-34(2,3)36(6,7)44-39-27-19-16-22-30-32(27)38(24-14-10-11-15-25-42-30)26-18-12-13-21-29(26)43-31-23-17-20-28(33(31)38)40-45-37(8,9)35(4,5)41/h10-25,39-41H,1-9H3/b11-10-,24-14+,25-15+. The first-order chi connectivity index (χ1) is 21.1. The van der Waals surface area contributed by atoms with Crippen molar-refractivity contribution in [1.29, 1.82) is 0 Å². The summed E-state index contributed by atoms with van der Waals surface area (Å²) < 4.78 is 26.3. The van der Waals surface area contributed by atoms with Gasteiger partial charge >= 0.3 is 15.0 Å². The zero-order valence-electron chi connectivity index (χ0n) is 28.2. The summed E-state index contributed by atoms with van der Waals surface area (Å²) in [5, 5.41) is 10.9. The van der Waals surface area contributed by atoms with Crippen LogP contribution < -0.4 is 20.4 Å². The van der Waals surface area contributed by atoms with Crippen molar-refractivity contribution in [2.75, 3.05) is 0 Å². The van der Waals surface area contributed by atoms with Crippen LogP contribution in [0.2, 0.25) is 0 Å². The second-order valence-corrected chi connectivity index (χ2v) is 14.6. The normalized spacial score (nSPS) is 20.0. The van der Waals surface area contributed by atoms with Gasteiger partial charge in [-0.1, -0.05) is 87.5 Å². The lowest BCUT2D eigenvalue weighted by molar-refractivity contribution is -0.0893. The van der Waals surface area contributed by atoms with Crippen molar-refractivity contribution >= 4 is 25.9 Å². The summed E-state index contributed by atoms with van der Waals surface area (Å²) in [6.07, 6.45) is 11.9. The van der Waals surface area contributed by atoms with Crippen LogP contribution in [0.15, 0.2) is 97.3 Å². The smallest absolute Gasteiger partial charge is 0.309 e. The van der Waals surface area contributed by atoms with E-state index in [0.29, 0.717) is 7.48 Å². The molecular weight excluding hydrogens is 558 g/mol. The van der Waals surface area contributed by atoms with Gasteiger partial charge in [-0.25, -0.2) is 0 Å². The van der Waals surface area contributed by atoms with E-state index in [0.717, 1.165) is 44.9 Å². The van der Waals surface area contributed by atoms with E-state index in [9.17, 15) is 5.11 Å². The largest absolute Gasteiger partial charge is 0.465 e. The minimum atomic E-state index is -1.05. The van der Waals surface area contributed by atoms with Gasteiger partial charge in [-0.2, -0.15) is 0 Å². The van der Waals surface area contributed by atoms with Gasteiger partial charge in [0.05, 0.1) is 28.5 Å². The molecule has 0 radical (unpaired) electrons. The Hall–Kier alpha value is -3.51. The molecule has 0 saturated heterocycles. The summed E-state index contributed by atoms with van der Waals surface area (Å²) in [6, 6.07) is 20.5. The Balaban J connectivity index is 1.81. The van der Waals surface area contributed by atoms with Gasteiger partial charge in [0, 0.05) is 16.7 Å². The molecule has 1 spiro atoms. The van der Waals surface area contributed by atoms with Gasteiger partial charge in [0.15, 0.2) is 0 Å². The molecule has 3 aromatic carbocycles. The summed E-state index contributed by atoms with van der Waals surface area (Å²) in [5.41, 5.74) is 1.74. The molecule has 3 aromatic rings. The highest BCUT2D eigenvalue weighted by molar-refractivity contribution is 6.49. The first kappa shape index (κ1) is 32.9. The van der Waals surface area contributed by atoms with Crippen LogP contribution in [0.4, 0.5) is 0 Å². The molecular formula is C38H46B2O5. The maximum absolute atomic E-state index is 10.9. The second kappa shape index (κ2) is 12.0. The van der Waals surface area contributed by atoms with Crippen LogP contribution in [0.25, 0.3) is 0 Å². The van der Waals surface area contributed by atoms with E-state index in [1.165, 1.54) is 0 Å². The summed E-state index contributed by atoms with van der Waals surface area (Å²) in [7, 11) is 0.650. The molecule has 0 fully saturated rings. The molecule has 0 aromatic heterocycles. The topological polar surface area (TPSA) is 57.2 Å². The van der Waals surface area contributed by atoms with Crippen LogP contribution >= 0.6 is 0 Å². The third kappa shape index (κ3) is 6.18. The first-order valence-electron chi connectivity index (χ1n) is 15.8. The van der Waals surface area contributed by atoms with Crippen LogP contribution in [0, 0.1) is 5.41 Å². The highest BCUT2D eigenvalue weighted by Crippen LogP contribution is 2.53. The average molecular weight is 604 g/mol. The highest BCUT2D eigenvalue weighted by atomic mass is 16.5. The molecule has 234 valence electrons. The molecule has 7 heteroatoms. The van der Waals surface area contributed by atoms with Crippen molar-refractivity contribution in [3.8, 4) is 17.2 Å². The number of aliphatic hydroxyl groups is 1. The number of fused-ring (bicyclic) bond motifs is 6. The van der Waals surface area contributed by atoms with E-state index in [-0.39, 0.29) is 12.9 Å². The Morgan fingerprint density at radius 2 is 1.18 bits per heavy atom. The molecule has 0 amide bonds. The number of benzene rings is 3. The minimum absolute atomic E-state index is 0.0805. The number of para-hydroxylation sites is 1. The van der Waals surface area contributed by atoms with Crippen molar-refractivity contribution in [2.24, 2.45) is 5.41 Å². The van der Waals surface area contributed by atoms with Crippen molar-refractivity contribution in [3.05, 3.63) is 114 Å². The zero-order valence-corrected chi connectivity index (χ0v) is 28.2. The molecule has 0 saturated carbocycles. The third-order valence-electron chi connectivity index (χ3n) is 9.96. The van der Waals surface area contributed by atoms with Gasteiger partial charge in [-0.3, -0.25) is 0 Å². The van der Waals surface area contributed by atoms with Crippen molar-refractivity contribution < 1.29 is 23.9 Å². The number of hydrogen-bond acceptors (Lipinski definition) is 5. The van der Waals surface area contributed by atoms with E-state index in [1.54, 1.807) is 20.1 Å². The summed E-state index contributed by atoms with van der Waals surface area (Å²) in [4.78, 5) is 0. The SMILES string of the molecule is CC(C)(C)C(C)(C)OBc1cccc2c1C1(/C=C/C=C\C=C\O2)c2ccccc2Oc2cccc(BOC(C)(C)C(C)(C)O)c21. The fourth-order valence-corrected chi connectivity index (χ4v) is 5.52. The summed E-state index contributed by atoms with van der Waals surface area (Å²) in [6.45, 7) is 18.3. The third-order valence-corrected chi connectivity index (χ3v) is 9.96. The van der Waals surface area contributed by atoms with Gasteiger partial charge in [-0.15, -0.1) is 0 Å². The van der Waals surface area contributed by atoms with Gasteiger partial charge in [0.2, 0.25) is 0 Å².